The van der Waals surface area contributed by atoms with Gasteiger partial charge in [0.05, 0.1) is 27.1 Å². The molecule has 2 rings (SSSR count). The van der Waals surface area contributed by atoms with Crippen LogP contribution in [0.4, 0.5) is 11.4 Å². The van der Waals surface area contributed by atoms with E-state index in [2.05, 4.69) is 5.32 Å². The van der Waals surface area contributed by atoms with Crippen LogP contribution in [0.25, 0.3) is 0 Å². The molecule has 0 aliphatic carbocycles. The first-order valence-electron chi connectivity index (χ1n) is 5.50. The van der Waals surface area contributed by atoms with Crippen molar-refractivity contribution in [1.82, 2.24) is 0 Å². The number of hydrogen-bond acceptors (Lipinski definition) is 4. The molecule has 0 radical (unpaired) electrons. The van der Waals surface area contributed by atoms with Crippen LogP contribution in [-0.4, -0.2) is 23.7 Å². The van der Waals surface area contributed by atoms with Crippen LogP contribution in [0.1, 0.15) is 13.3 Å². The van der Waals surface area contributed by atoms with Crippen LogP contribution in [0.5, 0.6) is 0 Å². The number of nitro benzene ring substituents is 1. The number of rotatable bonds is 3. The lowest BCUT2D eigenvalue weighted by atomic mass is 10.1. The second-order valence-corrected chi connectivity index (χ2v) is 4.97. The molecule has 98 valence electrons. The fourth-order valence-electron chi connectivity index (χ4n) is 1.92. The van der Waals surface area contributed by atoms with Crippen LogP contribution in [0.3, 0.4) is 0 Å². The van der Waals surface area contributed by atoms with Crippen molar-refractivity contribution in [3.8, 4) is 0 Å². The van der Waals surface area contributed by atoms with Crippen LogP contribution in [0.15, 0.2) is 12.1 Å². The van der Waals surface area contributed by atoms with E-state index in [1.54, 1.807) is 0 Å². The van der Waals surface area contributed by atoms with Gasteiger partial charge in [0, 0.05) is 12.7 Å². The van der Waals surface area contributed by atoms with Crippen LogP contribution in [-0.2, 0) is 4.74 Å². The molecule has 1 aliphatic rings. The molecule has 7 heteroatoms. The Morgan fingerprint density at radius 1 is 1.44 bits per heavy atom. The Balaban J connectivity index is 2.30. The second kappa shape index (κ2) is 5.30. The van der Waals surface area contributed by atoms with Crippen molar-refractivity contribution < 1.29 is 9.66 Å². The zero-order chi connectivity index (χ0) is 13.3. The van der Waals surface area contributed by atoms with Gasteiger partial charge >= 0.3 is 0 Å². The van der Waals surface area contributed by atoms with Gasteiger partial charge in [-0.3, -0.25) is 10.1 Å². The molecular weight excluding hydrogens is 279 g/mol. The molecule has 1 aromatic carbocycles. The van der Waals surface area contributed by atoms with Gasteiger partial charge in [-0.2, -0.15) is 0 Å². The lowest BCUT2D eigenvalue weighted by Crippen LogP contribution is -2.27. The summed E-state index contributed by atoms with van der Waals surface area (Å²) in [7, 11) is 0. The summed E-state index contributed by atoms with van der Waals surface area (Å²) < 4.78 is 5.40. The van der Waals surface area contributed by atoms with E-state index in [1.807, 2.05) is 6.92 Å². The van der Waals surface area contributed by atoms with Crippen LogP contribution >= 0.6 is 23.2 Å². The smallest absolute Gasteiger partial charge is 0.293 e. The molecule has 18 heavy (non-hydrogen) atoms. The largest absolute Gasteiger partial charge is 0.376 e. The van der Waals surface area contributed by atoms with Crippen molar-refractivity contribution in [3.63, 3.8) is 0 Å². The van der Waals surface area contributed by atoms with Gasteiger partial charge in [0.1, 0.15) is 5.69 Å². The summed E-state index contributed by atoms with van der Waals surface area (Å²) in [4.78, 5) is 10.5. The standard InChI is InChI=1S/C11H12Cl2N2O3/c1-6-9(2-3-18-6)14-10-4-7(12)8(13)5-11(10)15(16)17/h4-6,9,14H,2-3H2,1H3. The summed E-state index contributed by atoms with van der Waals surface area (Å²) >= 11 is 11.7. The molecule has 1 fully saturated rings. The summed E-state index contributed by atoms with van der Waals surface area (Å²) in [5.74, 6) is 0. The molecule has 0 amide bonds. The van der Waals surface area contributed by atoms with Gasteiger partial charge in [0.25, 0.3) is 5.69 Å². The first kappa shape index (κ1) is 13.4. The number of nitro groups is 1. The molecule has 2 atom stereocenters. The van der Waals surface area contributed by atoms with E-state index in [-0.39, 0.29) is 27.9 Å². The van der Waals surface area contributed by atoms with Crippen molar-refractivity contribution in [3.05, 3.63) is 32.3 Å². The van der Waals surface area contributed by atoms with E-state index in [4.69, 9.17) is 27.9 Å². The van der Waals surface area contributed by atoms with Gasteiger partial charge in [-0.15, -0.1) is 0 Å². The first-order valence-corrected chi connectivity index (χ1v) is 6.26. The maximum atomic E-state index is 11.0. The summed E-state index contributed by atoms with van der Waals surface area (Å²) in [6.07, 6.45) is 0.817. The topological polar surface area (TPSA) is 64.4 Å². The Kier molecular flexibility index (Phi) is 3.94. The number of halogens is 2. The quantitative estimate of drug-likeness (QED) is 0.684. The molecule has 0 saturated carbocycles. The molecule has 1 heterocycles. The van der Waals surface area contributed by atoms with Crippen molar-refractivity contribution in [2.75, 3.05) is 11.9 Å². The Morgan fingerprint density at radius 2 is 2.11 bits per heavy atom. The summed E-state index contributed by atoms with van der Waals surface area (Å²) in [5.41, 5.74) is 0.292. The monoisotopic (exact) mass is 290 g/mol. The third-order valence-electron chi connectivity index (χ3n) is 2.95. The molecule has 1 aromatic rings. The molecule has 5 nitrogen and oxygen atoms in total. The van der Waals surface area contributed by atoms with Gasteiger partial charge in [0.2, 0.25) is 0 Å². The predicted molar refractivity (Wildman–Crippen MR) is 70.6 cm³/mol. The van der Waals surface area contributed by atoms with E-state index >= 15 is 0 Å². The average molecular weight is 291 g/mol. The SMILES string of the molecule is CC1OCCC1Nc1cc(Cl)c(Cl)cc1[N+](=O)[O-]. The van der Waals surface area contributed by atoms with Crippen LogP contribution < -0.4 is 5.32 Å². The fraction of sp³-hybridized carbons (Fsp3) is 0.455. The molecule has 0 aromatic heterocycles. The predicted octanol–water partition coefficient (Wildman–Crippen LogP) is 3.49. The maximum Gasteiger partial charge on any atom is 0.293 e. The Morgan fingerprint density at radius 3 is 2.67 bits per heavy atom. The summed E-state index contributed by atoms with van der Waals surface area (Å²) in [5, 5.41) is 14.5. The minimum absolute atomic E-state index is 0.0130. The number of hydrogen-bond donors (Lipinski definition) is 1. The van der Waals surface area contributed by atoms with E-state index < -0.39 is 4.92 Å². The fourth-order valence-corrected chi connectivity index (χ4v) is 2.25. The number of benzene rings is 1. The highest BCUT2D eigenvalue weighted by Crippen LogP contribution is 2.35. The highest BCUT2D eigenvalue weighted by molar-refractivity contribution is 6.42. The second-order valence-electron chi connectivity index (χ2n) is 4.16. The van der Waals surface area contributed by atoms with Gasteiger partial charge in [-0.25, -0.2) is 0 Å². The third kappa shape index (κ3) is 2.68. The molecule has 1 aliphatic heterocycles. The van der Waals surface area contributed by atoms with Crippen LogP contribution in [0, 0.1) is 10.1 Å². The summed E-state index contributed by atoms with van der Waals surface area (Å²) in [6.45, 7) is 2.57. The third-order valence-corrected chi connectivity index (χ3v) is 3.67. The highest BCUT2D eigenvalue weighted by Gasteiger charge is 2.27. The van der Waals surface area contributed by atoms with E-state index in [9.17, 15) is 10.1 Å². The van der Waals surface area contributed by atoms with Gasteiger partial charge in [-0.05, 0) is 19.4 Å². The normalized spacial score (nSPS) is 23.1. The molecule has 0 bridgehead atoms. The van der Waals surface area contributed by atoms with Crippen molar-refractivity contribution in [2.24, 2.45) is 0 Å². The first-order chi connectivity index (χ1) is 8.49. The zero-order valence-corrected chi connectivity index (χ0v) is 11.2. The van der Waals surface area contributed by atoms with Crippen LogP contribution in [0.2, 0.25) is 10.0 Å². The Labute approximate surface area is 114 Å². The molecule has 2 unspecified atom stereocenters. The number of anilines is 1. The number of nitrogens with zero attached hydrogens (tertiary/aromatic N) is 1. The van der Waals surface area contributed by atoms with E-state index in [1.165, 1.54) is 12.1 Å². The van der Waals surface area contributed by atoms with Crippen molar-refractivity contribution in [1.29, 1.82) is 0 Å². The minimum atomic E-state index is -0.481. The molecular formula is C11H12Cl2N2O3. The minimum Gasteiger partial charge on any atom is -0.376 e. The number of ether oxygens (including phenoxy) is 1. The van der Waals surface area contributed by atoms with Crippen molar-refractivity contribution in [2.45, 2.75) is 25.5 Å². The zero-order valence-electron chi connectivity index (χ0n) is 9.65. The van der Waals surface area contributed by atoms with Crippen molar-refractivity contribution >= 4 is 34.6 Å². The van der Waals surface area contributed by atoms with Gasteiger partial charge < -0.3 is 10.1 Å². The Bertz CT molecular complexity index is 482. The maximum absolute atomic E-state index is 11.0. The van der Waals surface area contributed by atoms with E-state index in [0.29, 0.717) is 12.3 Å². The van der Waals surface area contributed by atoms with Gasteiger partial charge in [-0.1, -0.05) is 23.2 Å². The number of nitrogens with one attached hydrogen (secondary N) is 1. The average Bonchev–Trinajstić information content (AvgIpc) is 2.69. The lowest BCUT2D eigenvalue weighted by Gasteiger charge is -2.17. The highest BCUT2D eigenvalue weighted by atomic mass is 35.5. The molecule has 1 saturated heterocycles. The van der Waals surface area contributed by atoms with Gasteiger partial charge in [0.15, 0.2) is 0 Å². The van der Waals surface area contributed by atoms with E-state index in [0.717, 1.165) is 6.42 Å². The summed E-state index contributed by atoms with van der Waals surface area (Å²) in [6, 6.07) is 2.78. The molecule has 0 spiro atoms. The lowest BCUT2D eigenvalue weighted by molar-refractivity contribution is -0.384. The molecule has 1 N–H and O–H groups in total. The Hall–Kier alpha value is -1.04.